The van der Waals surface area contributed by atoms with E-state index in [-0.39, 0.29) is 23.9 Å². The fourth-order valence-electron chi connectivity index (χ4n) is 4.16. The summed E-state index contributed by atoms with van der Waals surface area (Å²) in [4.78, 5) is 12.5. The van der Waals surface area contributed by atoms with Gasteiger partial charge in [0.1, 0.15) is 17.3 Å². The summed E-state index contributed by atoms with van der Waals surface area (Å²) in [7, 11) is 1.31. The number of fused-ring (bicyclic) bond motifs is 1. The lowest BCUT2D eigenvalue weighted by atomic mass is 10.1. The van der Waals surface area contributed by atoms with Crippen LogP contribution in [0.25, 0.3) is 22.2 Å². The highest BCUT2D eigenvalue weighted by Gasteiger charge is 2.20. The number of carbonyl (C=O) groups excluding carboxylic acids is 1. The maximum absolute atomic E-state index is 13.7. The Kier molecular flexibility index (Phi) is 5.67. The van der Waals surface area contributed by atoms with Crippen LogP contribution in [0.3, 0.4) is 0 Å². The zero-order valence-corrected chi connectivity index (χ0v) is 18.4. The molecule has 0 N–H and O–H groups in total. The molecule has 0 fully saturated rings. The molecule has 0 radical (unpaired) electrons. The second-order valence-corrected chi connectivity index (χ2v) is 8.01. The van der Waals surface area contributed by atoms with E-state index in [4.69, 9.17) is 4.74 Å². The van der Waals surface area contributed by atoms with Crippen molar-refractivity contribution in [3.8, 4) is 11.3 Å². The molecule has 5 aromatic rings. The molecule has 0 aliphatic rings. The van der Waals surface area contributed by atoms with Gasteiger partial charge >= 0.3 is 5.97 Å². The van der Waals surface area contributed by atoms with E-state index in [0.29, 0.717) is 17.8 Å². The minimum absolute atomic E-state index is 0.212. The summed E-state index contributed by atoms with van der Waals surface area (Å²) in [6, 6.07) is 22.2. The molecule has 2 heterocycles. The highest BCUT2D eigenvalue weighted by molar-refractivity contribution is 5.97. The molecule has 34 heavy (non-hydrogen) atoms. The topological polar surface area (TPSA) is 49.1 Å². The number of hydrogen-bond donors (Lipinski definition) is 0. The third-order valence-electron chi connectivity index (χ3n) is 5.70. The standard InChI is InChI=1S/C27H21F2N3O2/c1-34-27(33)26-14-24(30-32(26)16-19-7-5-9-21(29)13-19)23-17-31(25-11-3-2-10-22(23)25)15-18-6-4-8-20(28)12-18/h2-14,17H,15-16H2,1H3. The fourth-order valence-corrected chi connectivity index (χ4v) is 4.16. The van der Waals surface area contributed by atoms with E-state index in [2.05, 4.69) is 5.10 Å². The fraction of sp³-hybridized carbons (Fsp3) is 0.111. The Balaban J connectivity index is 1.59. The van der Waals surface area contributed by atoms with Crippen molar-refractivity contribution in [2.45, 2.75) is 13.1 Å². The van der Waals surface area contributed by atoms with Gasteiger partial charge in [-0.2, -0.15) is 5.10 Å². The van der Waals surface area contributed by atoms with Gasteiger partial charge in [0.05, 0.1) is 19.3 Å². The van der Waals surface area contributed by atoms with Gasteiger partial charge in [-0.15, -0.1) is 0 Å². The Morgan fingerprint density at radius 3 is 2.24 bits per heavy atom. The number of carbonyl (C=O) groups is 1. The average Bonchev–Trinajstić information content (AvgIpc) is 3.40. The minimum Gasteiger partial charge on any atom is -0.464 e. The summed E-state index contributed by atoms with van der Waals surface area (Å²) in [6.07, 6.45) is 1.95. The number of aromatic nitrogens is 3. The minimum atomic E-state index is -0.529. The van der Waals surface area contributed by atoms with Crippen LogP contribution in [0.4, 0.5) is 8.78 Å². The van der Waals surface area contributed by atoms with Crippen LogP contribution in [-0.2, 0) is 17.8 Å². The van der Waals surface area contributed by atoms with Crippen LogP contribution < -0.4 is 0 Å². The first kappa shape index (κ1) is 21.6. The molecule has 0 saturated heterocycles. The van der Waals surface area contributed by atoms with E-state index in [1.807, 2.05) is 41.1 Å². The third kappa shape index (κ3) is 4.20. The van der Waals surface area contributed by atoms with Crippen LogP contribution in [0, 0.1) is 11.6 Å². The SMILES string of the molecule is COC(=O)c1cc(-c2cn(Cc3cccc(F)c3)c3ccccc23)nn1Cc1cccc(F)c1. The second kappa shape index (κ2) is 8.94. The van der Waals surface area contributed by atoms with Gasteiger partial charge in [0, 0.05) is 29.2 Å². The largest absolute Gasteiger partial charge is 0.464 e. The molecule has 0 bridgehead atoms. The van der Waals surface area contributed by atoms with Gasteiger partial charge in [0.2, 0.25) is 0 Å². The molecule has 3 aromatic carbocycles. The van der Waals surface area contributed by atoms with Crippen LogP contribution in [0.15, 0.2) is 85.1 Å². The van der Waals surface area contributed by atoms with Crippen LogP contribution >= 0.6 is 0 Å². The van der Waals surface area contributed by atoms with Crippen molar-refractivity contribution in [3.05, 3.63) is 114 Å². The molecule has 0 spiro atoms. The highest BCUT2D eigenvalue weighted by atomic mass is 19.1. The summed E-state index contributed by atoms with van der Waals surface area (Å²) in [5.74, 6) is -1.17. The van der Waals surface area contributed by atoms with Gasteiger partial charge in [0.25, 0.3) is 0 Å². The maximum Gasteiger partial charge on any atom is 0.356 e. The molecule has 5 rings (SSSR count). The monoisotopic (exact) mass is 457 g/mol. The van der Waals surface area contributed by atoms with Gasteiger partial charge in [-0.3, -0.25) is 4.68 Å². The van der Waals surface area contributed by atoms with Gasteiger partial charge in [-0.25, -0.2) is 13.6 Å². The van der Waals surface area contributed by atoms with Crippen molar-refractivity contribution in [1.29, 1.82) is 0 Å². The van der Waals surface area contributed by atoms with Gasteiger partial charge < -0.3 is 9.30 Å². The number of hydrogen-bond acceptors (Lipinski definition) is 3. The quantitative estimate of drug-likeness (QED) is 0.309. The first-order valence-electron chi connectivity index (χ1n) is 10.7. The van der Waals surface area contributed by atoms with Gasteiger partial charge in [0.15, 0.2) is 0 Å². The second-order valence-electron chi connectivity index (χ2n) is 8.01. The Hall–Kier alpha value is -4.26. The van der Waals surface area contributed by atoms with Crippen LogP contribution in [-0.4, -0.2) is 27.4 Å². The Morgan fingerprint density at radius 1 is 0.882 bits per heavy atom. The van der Waals surface area contributed by atoms with E-state index in [9.17, 15) is 13.6 Å². The van der Waals surface area contributed by atoms with Crippen molar-refractivity contribution in [1.82, 2.24) is 14.3 Å². The van der Waals surface area contributed by atoms with E-state index in [1.165, 1.54) is 36.1 Å². The number of esters is 1. The van der Waals surface area contributed by atoms with Crippen LogP contribution in [0.2, 0.25) is 0 Å². The average molecular weight is 457 g/mol. The first-order valence-corrected chi connectivity index (χ1v) is 10.7. The Labute approximate surface area is 194 Å². The molecule has 170 valence electrons. The molecule has 0 amide bonds. The molecule has 0 atom stereocenters. The van der Waals surface area contributed by atoms with Gasteiger partial charge in [-0.1, -0.05) is 42.5 Å². The number of para-hydroxylation sites is 1. The lowest BCUT2D eigenvalue weighted by Crippen LogP contribution is -2.12. The summed E-state index contributed by atoms with van der Waals surface area (Å²) in [5.41, 5.74) is 4.15. The number of nitrogens with zero attached hydrogens (tertiary/aromatic N) is 3. The number of methoxy groups -OCH3 is 1. The third-order valence-corrected chi connectivity index (χ3v) is 5.70. The van der Waals surface area contributed by atoms with Crippen molar-refractivity contribution in [3.63, 3.8) is 0 Å². The molecule has 0 saturated carbocycles. The predicted molar refractivity (Wildman–Crippen MR) is 126 cm³/mol. The lowest BCUT2D eigenvalue weighted by Gasteiger charge is -2.06. The van der Waals surface area contributed by atoms with Crippen LogP contribution in [0.5, 0.6) is 0 Å². The zero-order valence-electron chi connectivity index (χ0n) is 18.4. The Bertz CT molecular complexity index is 1500. The van der Waals surface area contributed by atoms with Crippen molar-refractivity contribution >= 4 is 16.9 Å². The summed E-state index contributed by atoms with van der Waals surface area (Å²) in [5, 5.41) is 5.63. The van der Waals surface area contributed by atoms with E-state index >= 15 is 0 Å². The van der Waals surface area contributed by atoms with Crippen molar-refractivity contribution in [2.24, 2.45) is 0 Å². The molecular weight excluding hydrogens is 436 g/mol. The van der Waals surface area contributed by atoms with Crippen LogP contribution in [0.1, 0.15) is 21.6 Å². The molecule has 0 aliphatic carbocycles. The number of rotatable bonds is 6. The first-order chi connectivity index (χ1) is 16.5. The summed E-state index contributed by atoms with van der Waals surface area (Å²) >= 11 is 0. The number of ether oxygens (including phenoxy) is 1. The normalized spacial score (nSPS) is 11.1. The lowest BCUT2D eigenvalue weighted by molar-refractivity contribution is 0.0587. The summed E-state index contributed by atoms with van der Waals surface area (Å²) in [6.45, 7) is 0.691. The van der Waals surface area contributed by atoms with Crippen molar-refractivity contribution in [2.75, 3.05) is 7.11 Å². The zero-order chi connectivity index (χ0) is 23.7. The van der Waals surface area contributed by atoms with E-state index in [0.717, 1.165) is 22.0 Å². The van der Waals surface area contributed by atoms with E-state index < -0.39 is 5.97 Å². The summed E-state index contributed by atoms with van der Waals surface area (Å²) < 4.78 is 35.9. The van der Waals surface area contributed by atoms with E-state index in [1.54, 1.807) is 24.3 Å². The molecule has 5 nitrogen and oxygen atoms in total. The molecular formula is C27H21F2N3O2. The molecule has 0 aliphatic heterocycles. The van der Waals surface area contributed by atoms with Gasteiger partial charge in [-0.05, 0) is 47.5 Å². The highest BCUT2D eigenvalue weighted by Crippen LogP contribution is 2.31. The molecule has 0 unspecified atom stereocenters. The number of benzene rings is 3. The smallest absolute Gasteiger partial charge is 0.356 e. The molecule has 2 aromatic heterocycles. The predicted octanol–water partition coefficient (Wildman–Crippen LogP) is 5.67. The maximum atomic E-state index is 13.7. The number of halogens is 2. The Morgan fingerprint density at radius 2 is 1.56 bits per heavy atom. The van der Waals surface area contributed by atoms with Crippen molar-refractivity contribution < 1.29 is 18.3 Å². The molecule has 7 heteroatoms.